The lowest BCUT2D eigenvalue weighted by Gasteiger charge is -2.24. The molecule has 118 valence electrons. The summed E-state index contributed by atoms with van der Waals surface area (Å²) in [5.74, 6) is 0.457. The van der Waals surface area contributed by atoms with Crippen molar-refractivity contribution in [1.29, 1.82) is 0 Å². The van der Waals surface area contributed by atoms with Crippen molar-refractivity contribution in [1.82, 2.24) is 15.1 Å². The number of hydrogen-bond acceptors (Lipinski definition) is 5. The van der Waals surface area contributed by atoms with Crippen molar-refractivity contribution in [3.63, 3.8) is 0 Å². The minimum absolute atomic E-state index is 0.0524. The monoisotopic (exact) mass is 294 g/mol. The van der Waals surface area contributed by atoms with Crippen LogP contribution in [0.15, 0.2) is 17.1 Å². The number of nitrogens with one attached hydrogen (secondary N) is 1. The van der Waals surface area contributed by atoms with E-state index in [9.17, 15) is 4.79 Å². The van der Waals surface area contributed by atoms with Gasteiger partial charge in [-0.1, -0.05) is 6.92 Å². The second kappa shape index (κ2) is 7.56. The molecule has 1 saturated heterocycles. The van der Waals surface area contributed by atoms with Gasteiger partial charge in [0.1, 0.15) is 0 Å². The van der Waals surface area contributed by atoms with Crippen LogP contribution in [0, 0.1) is 5.92 Å². The molecule has 6 nitrogen and oxygen atoms in total. The molecule has 1 aliphatic rings. The minimum Gasteiger partial charge on any atom is -0.381 e. The van der Waals surface area contributed by atoms with Crippen LogP contribution >= 0.6 is 0 Å². The first-order valence-electron chi connectivity index (χ1n) is 7.67. The van der Waals surface area contributed by atoms with E-state index >= 15 is 0 Å². The fraction of sp³-hybridized carbons (Fsp3) is 0.733. The van der Waals surface area contributed by atoms with Crippen LogP contribution in [-0.4, -0.2) is 49.7 Å². The van der Waals surface area contributed by atoms with E-state index in [0.717, 1.165) is 38.3 Å². The standard InChI is InChI=1S/C15H26N4O2/c1-4-6-16-14(12-5-7-21-11-12)10-19-15(20)8-13(9-17-19)18(2)3/h8-9,12,14,16H,4-7,10-11H2,1-3H3. The van der Waals surface area contributed by atoms with Gasteiger partial charge in [-0.05, 0) is 19.4 Å². The zero-order chi connectivity index (χ0) is 15.2. The third-order valence-corrected chi connectivity index (χ3v) is 3.93. The van der Waals surface area contributed by atoms with Crippen LogP contribution in [0.4, 0.5) is 5.69 Å². The molecule has 0 saturated carbocycles. The average Bonchev–Trinajstić information content (AvgIpc) is 2.98. The van der Waals surface area contributed by atoms with Crippen molar-refractivity contribution in [3.8, 4) is 0 Å². The average molecular weight is 294 g/mol. The van der Waals surface area contributed by atoms with Crippen LogP contribution in [-0.2, 0) is 11.3 Å². The van der Waals surface area contributed by atoms with Gasteiger partial charge in [-0.2, -0.15) is 5.10 Å². The van der Waals surface area contributed by atoms with Crippen LogP contribution in [0.3, 0.4) is 0 Å². The van der Waals surface area contributed by atoms with Gasteiger partial charge in [0.25, 0.3) is 5.56 Å². The Morgan fingerprint density at radius 2 is 2.38 bits per heavy atom. The Balaban J connectivity index is 2.10. The number of hydrogen-bond donors (Lipinski definition) is 1. The maximum absolute atomic E-state index is 12.2. The van der Waals surface area contributed by atoms with Crippen molar-refractivity contribution >= 4 is 5.69 Å². The molecule has 1 N–H and O–H groups in total. The third-order valence-electron chi connectivity index (χ3n) is 3.93. The quantitative estimate of drug-likeness (QED) is 0.803. The Morgan fingerprint density at radius 3 is 2.95 bits per heavy atom. The molecule has 0 aliphatic carbocycles. The lowest BCUT2D eigenvalue weighted by atomic mass is 9.99. The van der Waals surface area contributed by atoms with Crippen LogP contribution in [0.1, 0.15) is 19.8 Å². The summed E-state index contributed by atoms with van der Waals surface area (Å²) in [5, 5.41) is 7.83. The summed E-state index contributed by atoms with van der Waals surface area (Å²) in [5.41, 5.74) is 0.780. The maximum Gasteiger partial charge on any atom is 0.268 e. The topological polar surface area (TPSA) is 59.4 Å². The van der Waals surface area contributed by atoms with Gasteiger partial charge in [0.15, 0.2) is 0 Å². The van der Waals surface area contributed by atoms with Crippen molar-refractivity contribution in [2.24, 2.45) is 5.92 Å². The van der Waals surface area contributed by atoms with Crippen LogP contribution in [0.2, 0.25) is 0 Å². The Kier molecular flexibility index (Phi) is 5.76. The summed E-state index contributed by atoms with van der Waals surface area (Å²) in [6.45, 7) is 5.28. The van der Waals surface area contributed by atoms with E-state index in [1.807, 2.05) is 19.0 Å². The zero-order valence-electron chi connectivity index (χ0n) is 13.2. The summed E-state index contributed by atoms with van der Waals surface area (Å²) in [7, 11) is 3.81. The normalized spacial score (nSPS) is 19.7. The molecule has 0 aromatic carbocycles. The maximum atomic E-state index is 12.2. The highest BCUT2D eigenvalue weighted by Gasteiger charge is 2.26. The van der Waals surface area contributed by atoms with Gasteiger partial charge in [0, 0.05) is 38.7 Å². The van der Waals surface area contributed by atoms with E-state index in [0.29, 0.717) is 12.5 Å². The lowest BCUT2D eigenvalue weighted by Crippen LogP contribution is -2.43. The Labute approximate surface area is 126 Å². The highest BCUT2D eigenvalue weighted by Crippen LogP contribution is 2.18. The van der Waals surface area contributed by atoms with E-state index in [2.05, 4.69) is 17.3 Å². The van der Waals surface area contributed by atoms with E-state index in [-0.39, 0.29) is 11.6 Å². The molecular formula is C15H26N4O2. The molecule has 2 unspecified atom stereocenters. The molecule has 2 atom stereocenters. The Morgan fingerprint density at radius 1 is 1.57 bits per heavy atom. The summed E-state index contributed by atoms with van der Waals surface area (Å²) < 4.78 is 7.04. The van der Waals surface area contributed by atoms with Crippen LogP contribution in [0.5, 0.6) is 0 Å². The van der Waals surface area contributed by atoms with E-state index in [1.165, 1.54) is 0 Å². The number of ether oxygens (including phenoxy) is 1. The minimum atomic E-state index is -0.0524. The first-order chi connectivity index (χ1) is 10.1. The summed E-state index contributed by atoms with van der Waals surface area (Å²) >= 11 is 0. The van der Waals surface area contributed by atoms with Crippen molar-refractivity contribution in [2.45, 2.75) is 32.4 Å². The van der Waals surface area contributed by atoms with Gasteiger partial charge < -0.3 is 15.0 Å². The molecular weight excluding hydrogens is 268 g/mol. The predicted octanol–water partition coefficient (Wildman–Crippen LogP) is 0.714. The molecule has 1 aromatic heterocycles. The van der Waals surface area contributed by atoms with Crippen LogP contribution < -0.4 is 15.8 Å². The van der Waals surface area contributed by atoms with Crippen LogP contribution in [0.25, 0.3) is 0 Å². The van der Waals surface area contributed by atoms with E-state index in [1.54, 1.807) is 16.9 Å². The predicted molar refractivity (Wildman–Crippen MR) is 83.8 cm³/mol. The smallest absolute Gasteiger partial charge is 0.268 e. The molecule has 0 amide bonds. The Hall–Kier alpha value is -1.40. The van der Waals surface area contributed by atoms with Gasteiger partial charge >= 0.3 is 0 Å². The lowest BCUT2D eigenvalue weighted by molar-refractivity contribution is 0.172. The van der Waals surface area contributed by atoms with Gasteiger partial charge in [-0.3, -0.25) is 4.79 Å². The van der Waals surface area contributed by atoms with E-state index in [4.69, 9.17) is 4.74 Å². The second-order valence-electron chi connectivity index (χ2n) is 5.81. The number of anilines is 1. The zero-order valence-corrected chi connectivity index (χ0v) is 13.2. The summed E-state index contributed by atoms with van der Waals surface area (Å²) in [6, 6.07) is 1.87. The third kappa shape index (κ3) is 4.28. The summed E-state index contributed by atoms with van der Waals surface area (Å²) in [6.07, 6.45) is 3.86. The fourth-order valence-electron chi connectivity index (χ4n) is 2.57. The second-order valence-corrected chi connectivity index (χ2v) is 5.81. The highest BCUT2D eigenvalue weighted by molar-refractivity contribution is 5.40. The molecule has 1 aliphatic heterocycles. The van der Waals surface area contributed by atoms with Crippen molar-refractivity contribution in [3.05, 3.63) is 22.6 Å². The first kappa shape index (κ1) is 16.0. The Bertz CT molecular complexity index is 495. The largest absolute Gasteiger partial charge is 0.381 e. The molecule has 1 aromatic rings. The highest BCUT2D eigenvalue weighted by atomic mass is 16.5. The molecule has 0 spiro atoms. The number of nitrogens with zero attached hydrogens (tertiary/aromatic N) is 3. The van der Waals surface area contributed by atoms with E-state index < -0.39 is 0 Å². The SMILES string of the molecule is CCCNC(Cn1ncc(N(C)C)cc1=O)C1CCOC1. The van der Waals surface area contributed by atoms with Crippen molar-refractivity contribution in [2.75, 3.05) is 38.8 Å². The molecule has 0 radical (unpaired) electrons. The molecule has 6 heteroatoms. The van der Waals surface area contributed by atoms with Gasteiger partial charge in [0.2, 0.25) is 0 Å². The molecule has 21 heavy (non-hydrogen) atoms. The number of aromatic nitrogens is 2. The fourth-order valence-corrected chi connectivity index (χ4v) is 2.57. The van der Waals surface area contributed by atoms with Gasteiger partial charge in [-0.15, -0.1) is 0 Å². The van der Waals surface area contributed by atoms with Gasteiger partial charge in [-0.25, -0.2) is 4.68 Å². The molecule has 1 fully saturated rings. The van der Waals surface area contributed by atoms with Gasteiger partial charge in [0.05, 0.1) is 25.0 Å². The first-order valence-corrected chi connectivity index (χ1v) is 7.67. The number of rotatable bonds is 7. The molecule has 2 rings (SSSR count). The summed E-state index contributed by atoms with van der Waals surface area (Å²) in [4.78, 5) is 14.1. The van der Waals surface area contributed by atoms with Crippen molar-refractivity contribution < 1.29 is 4.74 Å². The molecule has 0 bridgehead atoms. The molecule has 2 heterocycles.